The molecular formula is C9H18N2O3S. The molecule has 0 radical (unpaired) electrons. The first-order valence-electron chi connectivity index (χ1n) is 4.86. The first-order valence-corrected chi connectivity index (χ1v) is 6.02. The van der Waals surface area contributed by atoms with Crippen LogP contribution in [-0.4, -0.2) is 52.5 Å². The molecule has 3 N–H and O–H groups in total. The molecule has 5 nitrogen and oxygen atoms in total. The Morgan fingerprint density at radius 1 is 1.40 bits per heavy atom. The standard InChI is InChI=1S/C9H18N2O3S/c1-3-11(4-2)8(12)6-15-5-7(10)9(13)14/h7H,3-6,10H2,1-2H3,(H,13,14). The summed E-state index contributed by atoms with van der Waals surface area (Å²) in [6.07, 6.45) is 0. The summed E-state index contributed by atoms with van der Waals surface area (Å²) < 4.78 is 0. The van der Waals surface area contributed by atoms with E-state index >= 15 is 0 Å². The van der Waals surface area contributed by atoms with Gasteiger partial charge in [-0.1, -0.05) is 0 Å². The number of carboxylic acid groups (broad SMARTS) is 1. The van der Waals surface area contributed by atoms with Crippen molar-refractivity contribution in [3.63, 3.8) is 0 Å². The molecule has 0 aliphatic carbocycles. The van der Waals surface area contributed by atoms with Crippen LogP contribution in [0, 0.1) is 0 Å². The Morgan fingerprint density at radius 2 is 1.93 bits per heavy atom. The summed E-state index contributed by atoms with van der Waals surface area (Å²) in [5.41, 5.74) is 5.30. The topological polar surface area (TPSA) is 83.6 Å². The third-order valence-corrected chi connectivity index (χ3v) is 3.00. The molecule has 6 heteroatoms. The number of aliphatic carboxylic acids is 1. The van der Waals surface area contributed by atoms with E-state index in [0.717, 1.165) is 0 Å². The van der Waals surface area contributed by atoms with E-state index in [4.69, 9.17) is 10.8 Å². The molecule has 1 amide bonds. The SMILES string of the molecule is CCN(CC)C(=O)CSCC(N)C(=O)O. The minimum absolute atomic E-state index is 0.0302. The largest absolute Gasteiger partial charge is 0.480 e. The second-order valence-corrected chi connectivity index (χ2v) is 4.06. The van der Waals surface area contributed by atoms with E-state index in [1.54, 1.807) is 4.90 Å². The zero-order valence-corrected chi connectivity index (χ0v) is 9.92. The fraction of sp³-hybridized carbons (Fsp3) is 0.778. The minimum Gasteiger partial charge on any atom is -0.480 e. The lowest BCUT2D eigenvalue weighted by Gasteiger charge is -2.18. The molecule has 0 aliphatic rings. The van der Waals surface area contributed by atoms with Crippen LogP contribution >= 0.6 is 11.8 Å². The summed E-state index contributed by atoms with van der Waals surface area (Å²) in [6.45, 7) is 5.19. The van der Waals surface area contributed by atoms with Crippen molar-refractivity contribution >= 4 is 23.6 Å². The van der Waals surface area contributed by atoms with Crippen molar-refractivity contribution in [2.45, 2.75) is 19.9 Å². The summed E-state index contributed by atoms with van der Waals surface area (Å²) in [4.78, 5) is 23.6. The Bertz CT molecular complexity index is 219. The Labute approximate surface area is 94.0 Å². The maximum absolute atomic E-state index is 11.5. The van der Waals surface area contributed by atoms with E-state index in [0.29, 0.717) is 18.8 Å². The highest BCUT2D eigenvalue weighted by Gasteiger charge is 2.14. The van der Waals surface area contributed by atoms with Crippen molar-refractivity contribution in [3.8, 4) is 0 Å². The predicted molar refractivity (Wildman–Crippen MR) is 60.9 cm³/mol. The van der Waals surface area contributed by atoms with E-state index < -0.39 is 12.0 Å². The first kappa shape index (κ1) is 14.2. The Balaban J connectivity index is 3.76. The van der Waals surface area contributed by atoms with Crippen molar-refractivity contribution < 1.29 is 14.7 Å². The molecule has 88 valence electrons. The molecule has 0 saturated carbocycles. The molecule has 0 saturated heterocycles. The van der Waals surface area contributed by atoms with Crippen molar-refractivity contribution in [1.82, 2.24) is 4.90 Å². The van der Waals surface area contributed by atoms with Crippen LogP contribution in [0.2, 0.25) is 0 Å². The van der Waals surface area contributed by atoms with Gasteiger partial charge in [0.2, 0.25) is 5.91 Å². The molecule has 0 aromatic carbocycles. The number of amides is 1. The molecule has 0 fully saturated rings. The number of rotatable bonds is 7. The summed E-state index contributed by atoms with van der Waals surface area (Å²) in [5.74, 6) is -0.439. The van der Waals surface area contributed by atoms with Crippen LogP contribution in [0.4, 0.5) is 0 Å². The molecule has 1 unspecified atom stereocenters. The predicted octanol–water partition coefficient (Wildman–Crippen LogP) is -0.0001000. The maximum atomic E-state index is 11.5. The number of thioether (sulfide) groups is 1. The van der Waals surface area contributed by atoms with Gasteiger partial charge >= 0.3 is 5.97 Å². The number of carboxylic acids is 1. The van der Waals surface area contributed by atoms with Crippen LogP contribution in [0.1, 0.15) is 13.8 Å². The lowest BCUT2D eigenvalue weighted by molar-refractivity contribution is -0.138. The lowest BCUT2D eigenvalue weighted by Crippen LogP contribution is -2.35. The van der Waals surface area contributed by atoms with Gasteiger partial charge in [-0.15, -0.1) is 11.8 Å². The first-order chi connectivity index (χ1) is 7.02. The van der Waals surface area contributed by atoms with Crippen LogP contribution in [0.25, 0.3) is 0 Å². The average Bonchev–Trinajstić information content (AvgIpc) is 2.19. The molecule has 0 bridgehead atoms. The molecule has 0 heterocycles. The quantitative estimate of drug-likeness (QED) is 0.648. The smallest absolute Gasteiger partial charge is 0.321 e. The third kappa shape index (κ3) is 5.64. The number of nitrogens with zero attached hydrogens (tertiary/aromatic N) is 1. The molecule has 0 rings (SSSR count). The van der Waals surface area contributed by atoms with Crippen LogP contribution in [0.15, 0.2) is 0 Å². The average molecular weight is 234 g/mol. The zero-order chi connectivity index (χ0) is 11.8. The summed E-state index contributed by atoms with van der Waals surface area (Å²) in [7, 11) is 0. The Hall–Kier alpha value is -0.750. The van der Waals surface area contributed by atoms with Gasteiger partial charge in [0.25, 0.3) is 0 Å². The molecule has 0 aromatic heterocycles. The number of carbonyl (C=O) groups is 2. The summed E-state index contributed by atoms with van der Waals surface area (Å²) >= 11 is 1.26. The van der Waals surface area contributed by atoms with Crippen molar-refractivity contribution in [3.05, 3.63) is 0 Å². The lowest BCUT2D eigenvalue weighted by atomic mass is 10.4. The van der Waals surface area contributed by atoms with Crippen LogP contribution in [-0.2, 0) is 9.59 Å². The Morgan fingerprint density at radius 3 is 2.33 bits per heavy atom. The zero-order valence-electron chi connectivity index (χ0n) is 9.10. The van der Waals surface area contributed by atoms with Gasteiger partial charge in [-0.25, -0.2) is 0 Å². The van der Waals surface area contributed by atoms with Crippen LogP contribution in [0.3, 0.4) is 0 Å². The van der Waals surface area contributed by atoms with Crippen molar-refractivity contribution in [2.24, 2.45) is 5.73 Å². The van der Waals surface area contributed by atoms with Gasteiger partial charge < -0.3 is 15.7 Å². The molecule has 1 atom stereocenters. The van der Waals surface area contributed by atoms with Crippen molar-refractivity contribution in [2.75, 3.05) is 24.6 Å². The summed E-state index contributed by atoms with van der Waals surface area (Å²) in [5, 5.41) is 8.52. The van der Waals surface area contributed by atoms with Gasteiger partial charge in [0, 0.05) is 18.8 Å². The fourth-order valence-electron chi connectivity index (χ4n) is 1.01. The Kier molecular flexibility index (Phi) is 7.15. The van der Waals surface area contributed by atoms with Gasteiger partial charge in [0.15, 0.2) is 0 Å². The van der Waals surface area contributed by atoms with E-state index in [9.17, 15) is 9.59 Å². The van der Waals surface area contributed by atoms with E-state index in [-0.39, 0.29) is 11.7 Å². The normalized spacial score (nSPS) is 12.2. The minimum atomic E-state index is -1.03. The second-order valence-electron chi connectivity index (χ2n) is 3.03. The van der Waals surface area contributed by atoms with Crippen LogP contribution < -0.4 is 5.73 Å². The summed E-state index contributed by atoms with van der Waals surface area (Å²) in [6, 6.07) is -0.889. The molecule has 0 aromatic rings. The number of hydrogen-bond acceptors (Lipinski definition) is 4. The highest BCUT2D eigenvalue weighted by Crippen LogP contribution is 2.04. The van der Waals surface area contributed by atoms with Gasteiger partial charge in [-0.2, -0.15) is 0 Å². The number of carbonyl (C=O) groups excluding carboxylic acids is 1. The molecular weight excluding hydrogens is 216 g/mol. The van der Waals surface area contributed by atoms with Crippen LogP contribution in [0.5, 0.6) is 0 Å². The van der Waals surface area contributed by atoms with Crippen molar-refractivity contribution in [1.29, 1.82) is 0 Å². The van der Waals surface area contributed by atoms with Gasteiger partial charge in [0.05, 0.1) is 5.75 Å². The van der Waals surface area contributed by atoms with E-state index in [1.165, 1.54) is 11.8 Å². The monoisotopic (exact) mass is 234 g/mol. The second kappa shape index (κ2) is 7.53. The molecule has 15 heavy (non-hydrogen) atoms. The highest BCUT2D eigenvalue weighted by atomic mass is 32.2. The van der Waals surface area contributed by atoms with E-state index in [2.05, 4.69) is 0 Å². The number of nitrogens with two attached hydrogens (primary N) is 1. The number of hydrogen-bond donors (Lipinski definition) is 2. The molecule has 0 spiro atoms. The van der Waals surface area contributed by atoms with Gasteiger partial charge in [0.1, 0.15) is 6.04 Å². The van der Waals surface area contributed by atoms with E-state index in [1.807, 2.05) is 13.8 Å². The van der Waals surface area contributed by atoms with Gasteiger partial charge in [-0.3, -0.25) is 9.59 Å². The molecule has 0 aliphatic heterocycles. The maximum Gasteiger partial charge on any atom is 0.321 e. The fourth-order valence-corrected chi connectivity index (χ4v) is 1.88. The van der Waals surface area contributed by atoms with Gasteiger partial charge in [-0.05, 0) is 13.8 Å². The highest BCUT2D eigenvalue weighted by molar-refractivity contribution is 8.00. The third-order valence-electron chi connectivity index (χ3n) is 1.96.